The Morgan fingerprint density at radius 1 is 0.870 bits per heavy atom. The number of ether oxygens (including phenoxy) is 1. The van der Waals surface area contributed by atoms with Gasteiger partial charge in [-0.2, -0.15) is 0 Å². The number of hydrogen-bond acceptors (Lipinski definition) is 2. The molecule has 0 amide bonds. The summed E-state index contributed by atoms with van der Waals surface area (Å²) in [5.74, 6) is 0.340. The van der Waals surface area contributed by atoms with E-state index in [2.05, 4.69) is 32.9 Å². The van der Waals surface area contributed by atoms with Crippen LogP contribution in [0.4, 0.5) is 0 Å². The van der Waals surface area contributed by atoms with E-state index in [9.17, 15) is 4.79 Å². The third-order valence-corrected chi connectivity index (χ3v) is 4.30. The van der Waals surface area contributed by atoms with E-state index < -0.39 is 0 Å². The molecule has 0 aliphatic carbocycles. The van der Waals surface area contributed by atoms with Crippen molar-refractivity contribution >= 4 is 5.97 Å². The molecule has 2 aromatic rings. The molecule has 120 valence electrons. The van der Waals surface area contributed by atoms with Gasteiger partial charge in [-0.25, -0.2) is 4.79 Å². The molecule has 2 heteroatoms. The van der Waals surface area contributed by atoms with Crippen molar-refractivity contribution in [2.45, 2.75) is 41.5 Å². The molecule has 0 saturated carbocycles. The van der Waals surface area contributed by atoms with Gasteiger partial charge in [0.1, 0.15) is 5.75 Å². The lowest BCUT2D eigenvalue weighted by molar-refractivity contribution is -0.129. The minimum absolute atomic E-state index is 0.326. The van der Waals surface area contributed by atoms with Crippen molar-refractivity contribution in [1.29, 1.82) is 0 Å². The molecule has 2 aromatic carbocycles. The molecule has 0 fully saturated rings. The van der Waals surface area contributed by atoms with Crippen LogP contribution in [-0.4, -0.2) is 5.97 Å². The normalized spacial score (nSPS) is 10.3. The molecule has 0 spiro atoms. The molecule has 2 nitrogen and oxygen atoms in total. The van der Waals surface area contributed by atoms with Crippen LogP contribution in [0.2, 0.25) is 0 Å². The highest BCUT2D eigenvalue weighted by Gasteiger charge is 2.19. The first-order chi connectivity index (χ1) is 10.8. The lowest BCUT2D eigenvalue weighted by Crippen LogP contribution is -2.09. The Bertz CT molecular complexity index is 764. The number of esters is 1. The van der Waals surface area contributed by atoms with Crippen molar-refractivity contribution in [3.05, 3.63) is 64.2 Å². The average molecular weight is 308 g/mol. The Morgan fingerprint density at radius 2 is 1.43 bits per heavy atom. The van der Waals surface area contributed by atoms with Crippen molar-refractivity contribution < 1.29 is 9.53 Å². The van der Waals surface area contributed by atoms with Gasteiger partial charge in [-0.3, -0.25) is 0 Å². The fourth-order valence-electron chi connectivity index (χ4n) is 2.72. The molecule has 2 rings (SSSR count). The van der Waals surface area contributed by atoms with Crippen LogP contribution in [0.5, 0.6) is 5.75 Å². The monoisotopic (exact) mass is 308 g/mol. The van der Waals surface area contributed by atoms with Gasteiger partial charge in [-0.05, 0) is 69.4 Å². The fraction of sp³-hybridized carbons (Fsp3) is 0.286. The van der Waals surface area contributed by atoms with Gasteiger partial charge in [-0.1, -0.05) is 35.9 Å². The van der Waals surface area contributed by atoms with Crippen molar-refractivity contribution in [2.24, 2.45) is 0 Å². The Hall–Kier alpha value is -2.35. The van der Waals surface area contributed by atoms with Crippen LogP contribution < -0.4 is 4.74 Å². The highest BCUT2D eigenvalue weighted by molar-refractivity contribution is 5.88. The highest BCUT2D eigenvalue weighted by atomic mass is 16.5. The molecule has 0 unspecified atom stereocenters. The van der Waals surface area contributed by atoms with Gasteiger partial charge >= 0.3 is 5.97 Å². The third-order valence-electron chi connectivity index (χ3n) is 4.30. The van der Waals surface area contributed by atoms with Crippen molar-refractivity contribution in [2.75, 3.05) is 0 Å². The molecule has 0 aromatic heterocycles. The van der Waals surface area contributed by atoms with Gasteiger partial charge in [0.25, 0.3) is 0 Å². The van der Waals surface area contributed by atoms with Gasteiger partial charge in [0.2, 0.25) is 0 Å². The Morgan fingerprint density at radius 3 is 2.00 bits per heavy atom. The zero-order chi connectivity index (χ0) is 17.1. The van der Waals surface area contributed by atoms with Crippen LogP contribution in [0.15, 0.2) is 42.0 Å². The molecule has 23 heavy (non-hydrogen) atoms. The molecule has 0 atom stereocenters. The number of rotatable bonds is 3. The second kappa shape index (κ2) is 6.82. The van der Waals surface area contributed by atoms with E-state index in [0.29, 0.717) is 5.75 Å². The molecule has 0 N–H and O–H groups in total. The summed E-state index contributed by atoms with van der Waals surface area (Å²) in [5.41, 5.74) is 7.57. The van der Waals surface area contributed by atoms with Crippen LogP contribution in [0.1, 0.15) is 36.1 Å². The third kappa shape index (κ3) is 3.53. The van der Waals surface area contributed by atoms with E-state index >= 15 is 0 Å². The van der Waals surface area contributed by atoms with E-state index in [-0.39, 0.29) is 5.97 Å². The molecular formula is C21H24O2. The average Bonchev–Trinajstić information content (AvgIpc) is 2.51. The number of benzene rings is 2. The summed E-state index contributed by atoms with van der Waals surface area (Å²) in [6.07, 6.45) is 1.53. The maximum Gasteiger partial charge on any atom is 0.336 e. The summed E-state index contributed by atoms with van der Waals surface area (Å²) in [6, 6.07) is 10.1. The molecule has 0 heterocycles. The van der Waals surface area contributed by atoms with Crippen LogP contribution in [0.25, 0.3) is 11.1 Å². The van der Waals surface area contributed by atoms with E-state index in [1.165, 1.54) is 17.2 Å². The zero-order valence-corrected chi connectivity index (χ0v) is 14.8. The Kier molecular flexibility index (Phi) is 5.05. The predicted octanol–water partition coefficient (Wildman–Crippen LogP) is 5.46. The van der Waals surface area contributed by atoms with Gasteiger partial charge in [0.05, 0.1) is 0 Å². The first-order valence-electron chi connectivity index (χ1n) is 7.85. The van der Waals surface area contributed by atoms with Gasteiger partial charge < -0.3 is 4.74 Å². The summed E-state index contributed by atoms with van der Waals surface area (Å²) in [5, 5.41) is 0. The Labute approximate surface area is 138 Å². The van der Waals surface area contributed by atoms with Crippen LogP contribution in [0.3, 0.4) is 0 Å². The molecule has 0 aliphatic rings. The lowest BCUT2D eigenvalue weighted by Gasteiger charge is -2.20. The second-order valence-electron chi connectivity index (χ2n) is 6.21. The van der Waals surface area contributed by atoms with Crippen molar-refractivity contribution in [3.8, 4) is 16.9 Å². The summed E-state index contributed by atoms with van der Waals surface area (Å²) in [4.78, 5) is 12.2. The number of hydrogen-bond donors (Lipinski definition) is 0. The van der Waals surface area contributed by atoms with E-state index in [1.807, 2.05) is 39.0 Å². The topological polar surface area (TPSA) is 26.3 Å². The van der Waals surface area contributed by atoms with Gasteiger partial charge in [0, 0.05) is 11.6 Å². The van der Waals surface area contributed by atoms with Crippen molar-refractivity contribution in [1.82, 2.24) is 0 Å². The summed E-state index contributed by atoms with van der Waals surface area (Å²) < 4.78 is 5.74. The van der Waals surface area contributed by atoms with E-state index in [0.717, 1.165) is 27.8 Å². The standard InChI is InChI=1S/C21H24O2/c1-13(2)12-19(22)23-21-17(6)15(4)14(3)16(5)20(21)18-10-8-7-9-11-18/h7-12H,1-6H3. The summed E-state index contributed by atoms with van der Waals surface area (Å²) >= 11 is 0. The number of allylic oxidation sites excluding steroid dienone is 1. The predicted molar refractivity (Wildman–Crippen MR) is 95.9 cm³/mol. The summed E-state index contributed by atoms with van der Waals surface area (Å²) in [7, 11) is 0. The van der Waals surface area contributed by atoms with Crippen molar-refractivity contribution in [3.63, 3.8) is 0 Å². The lowest BCUT2D eigenvalue weighted by atomic mass is 9.89. The second-order valence-corrected chi connectivity index (χ2v) is 6.21. The van der Waals surface area contributed by atoms with E-state index in [1.54, 1.807) is 0 Å². The maximum absolute atomic E-state index is 12.2. The quantitative estimate of drug-likeness (QED) is 0.427. The first-order valence-corrected chi connectivity index (χ1v) is 7.85. The summed E-state index contributed by atoms with van der Waals surface area (Å²) in [6.45, 7) is 12.1. The number of carbonyl (C=O) groups excluding carboxylic acids is 1. The Balaban J connectivity index is 2.69. The maximum atomic E-state index is 12.2. The molecular weight excluding hydrogens is 284 g/mol. The number of carbonyl (C=O) groups is 1. The first kappa shape index (κ1) is 17.0. The van der Waals surface area contributed by atoms with E-state index in [4.69, 9.17) is 4.74 Å². The molecule has 0 bridgehead atoms. The zero-order valence-electron chi connectivity index (χ0n) is 14.8. The molecule has 0 radical (unpaired) electrons. The van der Waals surface area contributed by atoms with Crippen LogP contribution >= 0.6 is 0 Å². The fourth-order valence-corrected chi connectivity index (χ4v) is 2.72. The van der Waals surface area contributed by atoms with Crippen LogP contribution in [-0.2, 0) is 4.79 Å². The molecule has 0 aliphatic heterocycles. The smallest absolute Gasteiger partial charge is 0.336 e. The van der Waals surface area contributed by atoms with Gasteiger partial charge in [0.15, 0.2) is 0 Å². The minimum atomic E-state index is -0.326. The highest BCUT2D eigenvalue weighted by Crippen LogP contribution is 2.40. The SMILES string of the molecule is CC(C)=CC(=O)Oc1c(C)c(C)c(C)c(C)c1-c1ccccc1. The molecule has 0 saturated heterocycles. The van der Waals surface area contributed by atoms with Crippen LogP contribution in [0, 0.1) is 27.7 Å². The largest absolute Gasteiger partial charge is 0.422 e. The minimum Gasteiger partial charge on any atom is -0.422 e. The van der Waals surface area contributed by atoms with Gasteiger partial charge in [-0.15, -0.1) is 0 Å².